The van der Waals surface area contributed by atoms with Crippen molar-refractivity contribution in [3.05, 3.63) is 83.1 Å². The van der Waals surface area contributed by atoms with Crippen LogP contribution in [0.3, 0.4) is 0 Å². The highest BCUT2D eigenvalue weighted by Gasteiger charge is 2.12. The van der Waals surface area contributed by atoms with Gasteiger partial charge >= 0.3 is 0 Å². The number of nitrogens with zero attached hydrogens (tertiary/aromatic N) is 2. The van der Waals surface area contributed by atoms with Gasteiger partial charge in [-0.15, -0.1) is 11.8 Å². The number of aromatic nitrogens is 2. The largest absolute Gasteiger partial charge is 0.349 e. The predicted molar refractivity (Wildman–Crippen MR) is 108 cm³/mol. The molecule has 134 valence electrons. The molecule has 0 fully saturated rings. The number of thioether (sulfide) groups is 1. The van der Waals surface area contributed by atoms with E-state index in [-0.39, 0.29) is 11.9 Å². The minimum atomic E-state index is -0.106. The Bertz CT molecular complexity index is 850. The third-order valence-corrected chi connectivity index (χ3v) is 5.30. The van der Waals surface area contributed by atoms with E-state index in [1.165, 1.54) is 5.56 Å². The Kier molecular flexibility index (Phi) is 6.36. The van der Waals surface area contributed by atoms with Gasteiger partial charge in [0.2, 0.25) is 5.91 Å². The molecule has 0 bridgehead atoms. The first-order chi connectivity index (χ1) is 12.6. The maximum atomic E-state index is 12.2. The molecule has 1 heterocycles. The summed E-state index contributed by atoms with van der Waals surface area (Å²) in [6, 6.07) is 17.5. The number of halogens is 1. The quantitative estimate of drug-likeness (QED) is 0.644. The Morgan fingerprint density at radius 1 is 1.19 bits per heavy atom. The second kappa shape index (κ2) is 8.92. The molecule has 1 atom stereocenters. The van der Waals surface area contributed by atoms with Crippen LogP contribution in [0.5, 0.6) is 0 Å². The molecule has 1 aromatic heterocycles. The molecular weight excluding hydrogens is 366 g/mol. The van der Waals surface area contributed by atoms with Crippen LogP contribution < -0.4 is 5.32 Å². The second-order valence-electron chi connectivity index (χ2n) is 5.92. The minimum absolute atomic E-state index is 0.00980. The molecule has 0 saturated carbocycles. The first-order valence-corrected chi connectivity index (χ1v) is 9.87. The zero-order valence-corrected chi connectivity index (χ0v) is 16.0. The summed E-state index contributed by atoms with van der Waals surface area (Å²) < 4.78 is 1.82. The third-order valence-electron chi connectivity index (χ3n) is 3.96. The second-order valence-corrected chi connectivity index (χ2v) is 7.31. The molecule has 0 unspecified atom stereocenters. The molecule has 0 aliphatic carbocycles. The van der Waals surface area contributed by atoms with Gasteiger partial charge in [0, 0.05) is 23.2 Å². The molecule has 2 aromatic carbocycles. The SMILES string of the molecule is C[C@@H](NC(=O)CSCc1ccc(-n2cccn2)cc1)c1ccccc1Cl. The topological polar surface area (TPSA) is 46.9 Å². The molecule has 4 nitrogen and oxygen atoms in total. The van der Waals surface area contributed by atoms with Gasteiger partial charge in [0.15, 0.2) is 0 Å². The number of nitrogens with one attached hydrogen (secondary N) is 1. The summed E-state index contributed by atoms with van der Waals surface area (Å²) in [7, 11) is 0. The highest BCUT2D eigenvalue weighted by atomic mass is 35.5. The normalized spacial score (nSPS) is 11.9. The summed E-state index contributed by atoms with van der Waals surface area (Å²) >= 11 is 7.77. The molecule has 0 radical (unpaired) electrons. The Labute approximate surface area is 162 Å². The molecule has 6 heteroatoms. The molecule has 0 spiro atoms. The van der Waals surface area contributed by atoms with Gasteiger partial charge in [-0.05, 0) is 42.3 Å². The van der Waals surface area contributed by atoms with Gasteiger partial charge in [-0.1, -0.05) is 41.9 Å². The Morgan fingerprint density at radius 2 is 1.96 bits per heavy atom. The highest BCUT2D eigenvalue weighted by Crippen LogP contribution is 2.22. The van der Waals surface area contributed by atoms with Crippen LogP contribution in [0.25, 0.3) is 5.69 Å². The van der Waals surface area contributed by atoms with E-state index < -0.39 is 0 Å². The fraction of sp³-hybridized carbons (Fsp3) is 0.200. The van der Waals surface area contributed by atoms with Crippen LogP contribution >= 0.6 is 23.4 Å². The maximum absolute atomic E-state index is 12.2. The summed E-state index contributed by atoms with van der Waals surface area (Å²) in [6.07, 6.45) is 3.67. The summed E-state index contributed by atoms with van der Waals surface area (Å²) in [6.45, 7) is 1.94. The number of benzene rings is 2. The number of carbonyl (C=O) groups is 1. The van der Waals surface area contributed by atoms with Gasteiger partial charge in [-0.3, -0.25) is 4.79 Å². The van der Waals surface area contributed by atoms with Gasteiger partial charge in [0.05, 0.1) is 17.5 Å². The van der Waals surface area contributed by atoms with Crippen molar-refractivity contribution >= 4 is 29.3 Å². The summed E-state index contributed by atoms with van der Waals surface area (Å²) in [5.74, 6) is 1.21. The number of amides is 1. The Morgan fingerprint density at radius 3 is 2.65 bits per heavy atom. The fourth-order valence-electron chi connectivity index (χ4n) is 2.62. The van der Waals surface area contributed by atoms with Crippen molar-refractivity contribution in [1.29, 1.82) is 0 Å². The number of hydrogen-bond donors (Lipinski definition) is 1. The van der Waals surface area contributed by atoms with E-state index >= 15 is 0 Å². The average molecular weight is 386 g/mol. The molecule has 0 aliphatic heterocycles. The number of hydrogen-bond acceptors (Lipinski definition) is 3. The van der Waals surface area contributed by atoms with E-state index in [4.69, 9.17) is 11.6 Å². The zero-order valence-electron chi connectivity index (χ0n) is 14.4. The zero-order chi connectivity index (χ0) is 18.4. The van der Waals surface area contributed by atoms with Gasteiger partial charge in [0.1, 0.15) is 0 Å². The lowest BCUT2D eigenvalue weighted by molar-refractivity contribution is -0.119. The van der Waals surface area contributed by atoms with Crippen molar-refractivity contribution in [3.63, 3.8) is 0 Å². The minimum Gasteiger partial charge on any atom is -0.349 e. The lowest BCUT2D eigenvalue weighted by Crippen LogP contribution is -2.28. The lowest BCUT2D eigenvalue weighted by atomic mass is 10.1. The maximum Gasteiger partial charge on any atom is 0.230 e. The van der Waals surface area contributed by atoms with E-state index in [2.05, 4.69) is 22.5 Å². The molecule has 0 saturated heterocycles. The Balaban J connectivity index is 1.46. The van der Waals surface area contributed by atoms with E-state index in [1.807, 2.05) is 60.3 Å². The van der Waals surface area contributed by atoms with Crippen LogP contribution in [0, 0.1) is 0 Å². The predicted octanol–water partition coefficient (Wildman–Crippen LogP) is 4.64. The summed E-state index contributed by atoms with van der Waals surface area (Å²) in [5, 5.41) is 7.88. The van der Waals surface area contributed by atoms with Crippen molar-refractivity contribution in [2.24, 2.45) is 0 Å². The molecular formula is C20H20ClN3OS. The lowest BCUT2D eigenvalue weighted by Gasteiger charge is -2.15. The van der Waals surface area contributed by atoms with Crippen molar-refractivity contribution < 1.29 is 4.79 Å². The monoisotopic (exact) mass is 385 g/mol. The number of carbonyl (C=O) groups excluding carboxylic acids is 1. The van der Waals surface area contributed by atoms with Crippen LogP contribution in [0.2, 0.25) is 5.02 Å². The summed E-state index contributed by atoms with van der Waals surface area (Å²) in [4.78, 5) is 12.2. The van der Waals surface area contributed by atoms with Gasteiger partial charge in [0.25, 0.3) is 0 Å². The first kappa shape index (κ1) is 18.5. The van der Waals surface area contributed by atoms with Gasteiger partial charge < -0.3 is 5.32 Å². The van der Waals surface area contributed by atoms with Crippen molar-refractivity contribution in [2.45, 2.75) is 18.7 Å². The van der Waals surface area contributed by atoms with E-state index in [1.54, 1.807) is 18.0 Å². The van der Waals surface area contributed by atoms with Crippen LogP contribution in [0.15, 0.2) is 67.0 Å². The molecule has 1 N–H and O–H groups in total. The van der Waals surface area contributed by atoms with Crippen molar-refractivity contribution in [2.75, 3.05) is 5.75 Å². The van der Waals surface area contributed by atoms with Crippen LogP contribution in [-0.4, -0.2) is 21.4 Å². The smallest absolute Gasteiger partial charge is 0.230 e. The molecule has 0 aliphatic rings. The Hall–Kier alpha value is -2.24. The van der Waals surface area contributed by atoms with Gasteiger partial charge in [-0.2, -0.15) is 5.10 Å². The van der Waals surface area contributed by atoms with Crippen LogP contribution in [0.4, 0.5) is 0 Å². The fourth-order valence-corrected chi connectivity index (χ4v) is 3.71. The standard InChI is InChI=1S/C20H20ClN3OS/c1-15(18-5-2-3-6-19(18)21)23-20(25)14-26-13-16-7-9-17(10-8-16)24-12-4-11-22-24/h2-12,15H,13-14H2,1H3,(H,23,25)/t15-/m1/s1. The summed E-state index contributed by atoms with van der Waals surface area (Å²) in [5.41, 5.74) is 3.13. The van der Waals surface area contributed by atoms with E-state index in [0.717, 1.165) is 17.0 Å². The molecule has 26 heavy (non-hydrogen) atoms. The molecule has 3 aromatic rings. The van der Waals surface area contributed by atoms with Gasteiger partial charge in [-0.25, -0.2) is 4.68 Å². The highest BCUT2D eigenvalue weighted by molar-refractivity contribution is 7.99. The van der Waals surface area contributed by atoms with Crippen LogP contribution in [0.1, 0.15) is 24.1 Å². The van der Waals surface area contributed by atoms with Crippen LogP contribution in [-0.2, 0) is 10.5 Å². The molecule has 3 rings (SSSR count). The average Bonchev–Trinajstić information content (AvgIpc) is 3.17. The third kappa shape index (κ3) is 4.90. The van der Waals surface area contributed by atoms with Crippen molar-refractivity contribution in [1.82, 2.24) is 15.1 Å². The van der Waals surface area contributed by atoms with E-state index in [0.29, 0.717) is 10.8 Å². The first-order valence-electron chi connectivity index (χ1n) is 8.34. The molecule has 1 amide bonds. The van der Waals surface area contributed by atoms with Crippen molar-refractivity contribution in [3.8, 4) is 5.69 Å². The number of rotatable bonds is 7. The van der Waals surface area contributed by atoms with E-state index in [9.17, 15) is 4.79 Å².